The summed E-state index contributed by atoms with van der Waals surface area (Å²) in [5.74, 6) is -0.275. The molecule has 1 amide bonds. The van der Waals surface area contributed by atoms with Crippen molar-refractivity contribution in [2.45, 2.75) is 36.8 Å². The summed E-state index contributed by atoms with van der Waals surface area (Å²) in [6.07, 6.45) is 8.48. The summed E-state index contributed by atoms with van der Waals surface area (Å²) in [6, 6.07) is 15.4. The van der Waals surface area contributed by atoms with Gasteiger partial charge in [0, 0.05) is 41.6 Å². The van der Waals surface area contributed by atoms with Gasteiger partial charge in [0.1, 0.15) is 5.82 Å². The maximum absolute atomic E-state index is 15.0. The summed E-state index contributed by atoms with van der Waals surface area (Å²) < 4.78 is 20.3. The average molecular weight is 496 g/mol. The molecule has 8 heteroatoms. The fourth-order valence-electron chi connectivity index (χ4n) is 5.76. The van der Waals surface area contributed by atoms with Crippen molar-refractivity contribution in [1.82, 2.24) is 15.2 Å². The molecular formula is C29H26FN5O2. The van der Waals surface area contributed by atoms with Crippen molar-refractivity contribution < 1.29 is 13.9 Å². The van der Waals surface area contributed by atoms with Gasteiger partial charge in [0.05, 0.1) is 36.3 Å². The smallest absolute Gasteiger partial charge is 0.254 e. The van der Waals surface area contributed by atoms with Crippen LogP contribution < -0.4 is 5.32 Å². The van der Waals surface area contributed by atoms with Gasteiger partial charge in [-0.1, -0.05) is 18.2 Å². The fraction of sp³-hybridized carbons (Fsp3) is 0.310. The Hall–Kier alpha value is -3.91. The molecule has 7 nitrogen and oxygen atoms in total. The second kappa shape index (κ2) is 8.59. The number of amides is 1. The Morgan fingerprint density at radius 1 is 1.16 bits per heavy atom. The topological polar surface area (TPSA) is 79.2 Å². The summed E-state index contributed by atoms with van der Waals surface area (Å²) in [6.45, 7) is 1.75. The quantitative estimate of drug-likeness (QED) is 0.578. The number of allylic oxidation sites excluding steroid dienone is 1. The third-order valence-corrected chi connectivity index (χ3v) is 7.99. The van der Waals surface area contributed by atoms with E-state index < -0.39 is 11.7 Å². The van der Waals surface area contributed by atoms with Gasteiger partial charge in [0.2, 0.25) is 5.96 Å². The van der Waals surface area contributed by atoms with Crippen LogP contribution in [0.4, 0.5) is 4.39 Å². The number of aromatic nitrogens is 1. The molecule has 1 aliphatic carbocycles. The monoisotopic (exact) mass is 495 g/mol. The largest absolute Gasteiger partial charge is 0.379 e. The summed E-state index contributed by atoms with van der Waals surface area (Å²) in [5.41, 5.74) is 3.79. The Balaban J connectivity index is 1.15. The molecule has 3 aromatic rings. The number of carbonyl (C=O) groups is 1. The molecule has 1 N–H and O–H groups in total. The maximum atomic E-state index is 15.0. The van der Waals surface area contributed by atoms with E-state index in [0.717, 1.165) is 35.7 Å². The zero-order valence-electron chi connectivity index (χ0n) is 20.2. The van der Waals surface area contributed by atoms with Gasteiger partial charge in [-0.2, -0.15) is 0 Å². The van der Waals surface area contributed by atoms with Crippen molar-refractivity contribution in [3.05, 3.63) is 83.4 Å². The number of hydrogen-bond acceptors (Lipinski definition) is 6. The molecule has 1 saturated carbocycles. The van der Waals surface area contributed by atoms with Gasteiger partial charge in [-0.25, -0.2) is 14.4 Å². The number of fused-ring (bicyclic) bond motifs is 2. The lowest BCUT2D eigenvalue weighted by molar-refractivity contribution is 0.0926. The van der Waals surface area contributed by atoms with Crippen LogP contribution in [0.3, 0.4) is 0 Å². The zero-order chi connectivity index (χ0) is 25.0. The summed E-state index contributed by atoms with van der Waals surface area (Å²) in [7, 11) is 0. The molecule has 7 rings (SSSR count). The molecule has 37 heavy (non-hydrogen) atoms. The van der Waals surface area contributed by atoms with E-state index in [1.165, 1.54) is 11.6 Å². The molecule has 1 aromatic heterocycles. The van der Waals surface area contributed by atoms with Crippen LogP contribution in [0.2, 0.25) is 0 Å². The van der Waals surface area contributed by atoms with Crippen molar-refractivity contribution >= 4 is 34.6 Å². The zero-order valence-corrected chi connectivity index (χ0v) is 20.2. The highest BCUT2D eigenvalue weighted by atomic mass is 19.1. The molecule has 186 valence electrons. The van der Waals surface area contributed by atoms with E-state index >= 15 is 4.39 Å². The van der Waals surface area contributed by atoms with Gasteiger partial charge >= 0.3 is 0 Å². The molecule has 1 saturated heterocycles. The number of hydrogen-bond donors (Lipinski definition) is 1. The van der Waals surface area contributed by atoms with Crippen LogP contribution in [0, 0.1) is 5.82 Å². The van der Waals surface area contributed by atoms with Gasteiger partial charge in [-0.15, -0.1) is 0 Å². The Morgan fingerprint density at radius 3 is 2.89 bits per heavy atom. The second-order valence-electron chi connectivity index (χ2n) is 10.2. The highest BCUT2D eigenvalue weighted by Gasteiger charge is 2.55. The van der Waals surface area contributed by atoms with Gasteiger partial charge in [0.25, 0.3) is 5.91 Å². The molecule has 2 fully saturated rings. The minimum absolute atomic E-state index is 0.000894. The van der Waals surface area contributed by atoms with E-state index in [2.05, 4.69) is 44.5 Å². The Kier molecular flexibility index (Phi) is 5.18. The van der Waals surface area contributed by atoms with Crippen molar-refractivity contribution in [3.63, 3.8) is 0 Å². The van der Waals surface area contributed by atoms with E-state index in [4.69, 9.17) is 9.73 Å². The molecular weight excluding hydrogens is 469 g/mol. The maximum Gasteiger partial charge on any atom is 0.254 e. The van der Waals surface area contributed by atoms with Crippen LogP contribution in [-0.2, 0) is 10.2 Å². The van der Waals surface area contributed by atoms with Gasteiger partial charge in [-0.3, -0.25) is 9.78 Å². The predicted octanol–water partition coefficient (Wildman–Crippen LogP) is 4.09. The summed E-state index contributed by atoms with van der Waals surface area (Å²) in [5, 5.41) is 3.99. The number of halogens is 1. The molecule has 0 spiro atoms. The molecule has 1 unspecified atom stereocenters. The number of ether oxygens (including phenoxy) is 1. The number of nitrogens with one attached hydrogen (secondary N) is 1. The number of guanidine groups is 1. The van der Waals surface area contributed by atoms with E-state index in [1.807, 2.05) is 18.5 Å². The van der Waals surface area contributed by atoms with Crippen LogP contribution in [0.25, 0.3) is 16.5 Å². The molecule has 3 aliphatic heterocycles. The van der Waals surface area contributed by atoms with Crippen LogP contribution >= 0.6 is 0 Å². The Labute approximate surface area is 213 Å². The predicted molar refractivity (Wildman–Crippen MR) is 140 cm³/mol. The molecule has 2 aromatic carbocycles. The van der Waals surface area contributed by atoms with Crippen molar-refractivity contribution in [2.24, 2.45) is 9.98 Å². The number of carbonyl (C=O) groups excluding carboxylic acids is 1. The summed E-state index contributed by atoms with van der Waals surface area (Å²) >= 11 is 0. The van der Waals surface area contributed by atoms with Gasteiger partial charge in [0.15, 0.2) is 0 Å². The van der Waals surface area contributed by atoms with Gasteiger partial charge < -0.3 is 15.0 Å². The number of aliphatic imine (C=N–C) groups is 2. The molecule has 4 aliphatic rings. The first-order valence-electron chi connectivity index (χ1n) is 12.7. The minimum Gasteiger partial charge on any atom is -0.379 e. The van der Waals surface area contributed by atoms with E-state index in [9.17, 15) is 4.79 Å². The van der Waals surface area contributed by atoms with Crippen LogP contribution in [0.5, 0.6) is 0 Å². The highest BCUT2D eigenvalue weighted by Crippen LogP contribution is 2.54. The van der Waals surface area contributed by atoms with Crippen LogP contribution in [-0.4, -0.2) is 59.8 Å². The van der Waals surface area contributed by atoms with Crippen molar-refractivity contribution in [3.8, 4) is 0 Å². The lowest BCUT2D eigenvalue weighted by Gasteiger charge is -2.32. The number of benzene rings is 2. The van der Waals surface area contributed by atoms with Gasteiger partial charge in [-0.05, 0) is 60.7 Å². The molecule has 2 atom stereocenters. The number of rotatable bonds is 5. The van der Waals surface area contributed by atoms with E-state index in [1.54, 1.807) is 18.3 Å². The molecule has 4 heterocycles. The first kappa shape index (κ1) is 22.3. The standard InChI is InChI=1S/C29H26FN5O2/c30-24-13-18(3-5-23(24)27(36)34-22-7-11-37-17-22)20-14-32-28-33-15-26(35(28)16-20)29(8-9-29)21-4-6-25-19(12-21)2-1-10-31-25/h1-6,10,12-14,16,22,26H,7-9,11,15,17H2,(H,34,36)/t22-,26?/m1/s1. The summed E-state index contributed by atoms with van der Waals surface area (Å²) in [4.78, 5) is 28.5. The second-order valence-corrected chi connectivity index (χ2v) is 10.2. The third kappa shape index (κ3) is 3.83. The molecule has 0 bridgehead atoms. The van der Waals surface area contributed by atoms with Crippen molar-refractivity contribution in [1.29, 1.82) is 0 Å². The Bertz CT molecular complexity index is 1500. The first-order chi connectivity index (χ1) is 18.1. The molecule has 0 radical (unpaired) electrons. The van der Waals surface area contributed by atoms with Crippen LogP contribution in [0.1, 0.15) is 40.7 Å². The normalized spacial score (nSPS) is 23.5. The highest BCUT2D eigenvalue weighted by molar-refractivity contribution is 6.16. The SMILES string of the molecule is O=C(N[C@@H]1CCOC1)c1ccc(C2=CN3C(=NCC3C3(c4ccc5ncccc5c4)CC3)N=C2)cc1F. The Morgan fingerprint density at radius 2 is 2.08 bits per heavy atom. The fourth-order valence-corrected chi connectivity index (χ4v) is 5.76. The average Bonchev–Trinajstić information content (AvgIpc) is 3.35. The van der Waals surface area contributed by atoms with Crippen LogP contribution in [0.15, 0.2) is 70.9 Å². The lowest BCUT2D eigenvalue weighted by atomic mass is 9.86. The van der Waals surface area contributed by atoms with E-state index in [0.29, 0.717) is 31.3 Å². The number of pyridine rings is 1. The third-order valence-electron chi connectivity index (χ3n) is 7.99. The minimum atomic E-state index is -0.552. The van der Waals surface area contributed by atoms with Crippen molar-refractivity contribution in [2.75, 3.05) is 19.8 Å². The lowest BCUT2D eigenvalue weighted by Crippen LogP contribution is -2.42. The number of nitrogens with zero attached hydrogens (tertiary/aromatic N) is 4. The van der Waals surface area contributed by atoms with E-state index in [-0.39, 0.29) is 23.1 Å². The first-order valence-corrected chi connectivity index (χ1v) is 12.7.